The van der Waals surface area contributed by atoms with E-state index in [1.807, 2.05) is 37.2 Å². The van der Waals surface area contributed by atoms with Gasteiger partial charge >= 0.3 is 0 Å². The van der Waals surface area contributed by atoms with Crippen LogP contribution >= 0.6 is 24.4 Å². The molecule has 166 valence electrons. The standard InChI is InChI=1S/C19H25N7O2S3/c1-12(21-23-18(29)20-3)13(2)22-24-19(30)25-31(27,28)15-9-10-16-14(11-15)7-6-8-17(16)26(4)5/h6-11H,1-5H3,(H2,20,23,29)(H2,24,25,30). The maximum atomic E-state index is 12.7. The first-order valence-electron chi connectivity index (χ1n) is 9.14. The highest BCUT2D eigenvalue weighted by Gasteiger charge is 2.17. The van der Waals surface area contributed by atoms with Crippen LogP contribution in [-0.4, -0.2) is 51.2 Å². The Morgan fingerprint density at radius 3 is 2.16 bits per heavy atom. The fourth-order valence-electron chi connectivity index (χ4n) is 2.49. The Labute approximate surface area is 193 Å². The Morgan fingerprint density at radius 2 is 1.58 bits per heavy atom. The molecule has 0 amide bonds. The van der Waals surface area contributed by atoms with Crippen LogP contribution in [0.25, 0.3) is 10.8 Å². The Hall–Kier alpha value is -2.83. The van der Waals surface area contributed by atoms with Crippen molar-refractivity contribution >= 4 is 72.6 Å². The summed E-state index contributed by atoms with van der Waals surface area (Å²) < 4.78 is 27.8. The van der Waals surface area contributed by atoms with Crippen molar-refractivity contribution in [2.45, 2.75) is 18.7 Å². The van der Waals surface area contributed by atoms with Gasteiger partial charge in [-0.3, -0.25) is 15.6 Å². The van der Waals surface area contributed by atoms with E-state index in [9.17, 15) is 8.42 Å². The van der Waals surface area contributed by atoms with Gasteiger partial charge in [-0.1, -0.05) is 18.2 Å². The summed E-state index contributed by atoms with van der Waals surface area (Å²) in [5.41, 5.74) is 7.19. The summed E-state index contributed by atoms with van der Waals surface area (Å²) in [4.78, 5) is 2.07. The molecule has 0 radical (unpaired) electrons. The molecule has 0 saturated carbocycles. The predicted molar refractivity (Wildman–Crippen MR) is 135 cm³/mol. The van der Waals surface area contributed by atoms with Crippen LogP contribution in [-0.2, 0) is 10.0 Å². The minimum atomic E-state index is -3.88. The maximum absolute atomic E-state index is 12.7. The second-order valence-electron chi connectivity index (χ2n) is 6.69. The van der Waals surface area contributed by atoms with Gasteiger partial charge in [0, 0.05) is 32.2 Å². The fourth-order valence-corrected chi connectivity index (χ4v) is 3.85. The van der Waals surface area contributed by atoms with Gasteiger partial charge in [0.1, 0.15) is 0 Å². The second kappa shape index (κ2) is 10.5. The van der Waals surface area contributed by atoms with E-state index >= 15 is 0 Å². The monoisotopic (exact) mass is 479 g/mol. The molecule has 0 aliphatic heterocycles. The molecule has 0 spiro atoms. The van der Waals surface area contributed by atoms with E-state index in [1.54, 1.807) is 39.1 Å². The summed E-state index contributed by atoms with van der Waals surface area (Å²) in [5.74, 6) is 0. The predicted octanol–water partition coefficient (Wildman–Crippen LogP) is 1.90. The lowest BCUT2D eigenvalue weighted by atomic mass is 10.1. The zero-order valence-corrected chi connectivity index (χ0v) is 20.3. The van der Waals surface area contributed by atoms with Crippen LogP contribution < -0.4 is 25.8 Å². The maximum Gasteiger partial charge on any atom is 0.263 e. The van der Waals surface area contributed by atoms with Crippen LogP contribution in [0.5, 0.6) is 0 Å². The molecule has 4 N–H and O–H groups in total. The lowest BCUT2D eigenvalue weighted by Gasteiger charge is -2.16. The third kappa shape index (κ3) is 6.57. The molecular weight excluding hydrogens is 454 g/mol. The third-order valence-electron chi connectivity index (χ3n) is 4.25. The summed E-state index contributed by atoms with van der Waals surface area (Å²) >= 11 is 10.0. The van der Waals surface area contributed by atoms with Crippen LogP contribution in [0.3, 0.4) is 0 Å². The first-order chi connectivity index (χ1) is 14.5. The number of rotatable bonds is 6. The van der Waals surface area contributed by atoms with Crippen LogP contribution in [0.1, 0.15) is 13.8 Å². The van der Waals surface area contributed by atoms with Gasteiger partial charge in [-0.25, -0.2) is 8.42 Å². The van der Waals surface area contributed by atoms with Gasteiger partial charge in [0.25, 0.3) is 10.0 Å². The van der Waals surface area contributed by atoms with Crippen molar-refractivity contribution in [3.05, 3.63) is 36.4 Å². The van der Waals surface area contributed by atoms with Crippen molar-refractivity contribution in [3.63, 3.8) is 0 Å². The third-order valence-corrected chi connectivity index (χ3v) is 6.21. The van der Waals surface area contributed by atoms with Gasteiger partial charge in [0.2, 0.25) is 5.11 Å². The highest BCUT2D eigenvalue weighted by molar-refractivity contribution is 7.91. The van der Waals surface area contributed by atoms with Gasteiger partial charge in [-0.05, 0) is 61.9 Å². The zero-order valence-electron chi connectivity index (χ0n) is 17.8. The number of hydrogen-bond acceptors (Lipinski definition) is 7. The number of hydrogen-bond donors (Lipinski definition) is 4. The molecule has 0 unspecified atom stereocenters. The molecule has 0 atom stereocenters. The number of benzene rings is 2. The van der Waals surface area contributed by atoms with E-state index < -0.39 is 10.0 Å². The van der Waals surface area contributed by atoms with Gasteiger partial charge in [0.05, 0.1) is 16.3 Å². The summed E-state index contributed by atoms with van der Waals surface area (Å²) in [6.07, 6.45) is 0. The molecule has 0 bridgehead atoms. The minimum Gasteiger partial charge on any atom is -0.377 e. The molecule has 2 rings (SSSR count). The highest BCUT2D eigenvalue weighted by atomic mass is 32.2. The van der Waals surface area contributed by atoms with E-state index in [4.69, 9.17) is 24.4 Å². The smallest absolute Gasteiger partial charge is 0.263 e. The van der Waals surface area contributed by atoms with Crippen LogP contribution in [0.15, 0.2) is 51.5 Å². The number of thiocarbonyl (C=S) groups is 2. The molecular formula is C19H25N7O2S3. The number of nitrogens with zero attached hydrogens (tertiary/aromatic N) is 3. The van der Waals surface area contributed by atoms with E-state index in [0.29, 0.717) is 16.5 Å². The lowest BCUT2D eigenvalue weighted by Crippen LogP contribution is -2.37. The van der Waals surface area contributed by atoms with E-state index in [2.05, 4.69) is 31.1 Å². The fraction of sp³-hybridized carbons (Fsp3) is 0.263. The van der Waals surface area contributed by atoms with Crippen LogP contribution in [0.4, 0.5) is 5.69 Å². The van der Waals surface area contributed by atoms with Crippen molar-refractivity contribution in [1.82, 2.24) is 20.9 Å². The molecule has 0 fully saturated rings. The second-order valence-corrected chi connectivity index (χ2v) is 9.19. The Bertz CT molecular complexity index is 1160. The normalized spacial score (nSPS) is 12.3. The van der Waals surface area contributed by atoms with Crippen molar-refractivity contribution in [3.8, 4) is 0 Å². The minimum absolute atomic E-state index is 0.100. The molecule has 0 aliphatic carbocycles. The van der Waals surface area contributed by atoms with E-state index in [-0.39, 0.29) is 10.0 Å². The summed E-state index contributed by atoms with van der Waals surface area (Å²) in [6.45, 7) is 3.41. The molecule has 2 aromatic rings. The van der Waals surface area contributed by atoms with Crippen LogP contribution in [0, 0.1) is 0 Å². The Balaban J connectivity index is 2.13. The molecule has 31 heavy (non-hydrogen) atoms. The average molecular weight is 480 g/mol. The van der Waals surface area contributed by atoms with Gasteiger partial charge < -0.3 is 10.2 Å². The van der Waals surface area contributed by atoms with E-state index in [1.165, 1.54) is 0 Å². The van der Waals surface area contributed by atoms with Crippen molar-refractivity contribution in [1.29, 1.82) is 0 Å². The number of sulfonamides is 1. The summed E-state index contributed by atoms with van der Waals surface area (Å²) in [5, 5.41) is 12.8. The molecule has 9 nitrogen and oxygen atoms in total. The number of anilines is 1. The summed E-state index contributed by atoms with van der Waals surface area (Å²) in [7, 11) is 1.66. The molecule has 0 aliphatic rings. The van der Waals surface area contributed by atoms with Crippen molar-refractivity contribution in [2.24, 2.45) is 10.2 Å². The number of nitrogens with one attached hydrogen (secondary N) is 4. The first-order valence-corrected chi connectivity index (χ1v) is 11.4. The lowest BCUT2D eigenvalue weighted by molar-refractivity contribution is 0.592. The Morgan fingerprint density at radius 1 is 0.968 bits per heavy atom. The van der Waals surface area contributed by atoms with E-state index in [0.717, 1.165) is 16.5 Å². The highest BCUT2D eigenvalue weighted by Crippen LogP contribution is 2.27. The van der Waals surface area contributed by atoms with Gasteiger partial charge in [0.15, 0.2) is 5.11 Å². The SMILES string of the molecule is CNC(=S)NN=C(C)C(C)=NNC(=S)NS(=O)(=O)c1ccc2c(N(C)C)cccc2c1. The molecule has 0 heterocycles. The summed E-state index contributed by atoms with van der Waals surface area (Å²) in [6, 6.07) is 10.6. The molecule has 2 aromatic carbocycles. The quantitative estimate of drug-likeness (QED) is 0.283. The molecule has 0 saturated heterocycles. The van der Waals surface area contributed by atoms with Crippen molar-refractivity contribution in [2.75, 3.05) is 26.0 Å². The van der Waals surface area contributed by atoms with Gasteiger partial charge in [-0.15, -0.1) is 0 Å². The Kier molecular flexibility index (Phi) is 8.25. The largest absolute Gasteiger partial charge is 0.377 e. The van der Waals surface area contributed by atoms with Crippen molar-refractivity contribution < 1.29 is 8.42 Å². The van der Waals surface area contributed by atoms with Crippen LogP contribution in [0.2, 0.25) is 0 Å². The number of fused-ring (bicyclic) bond motifs is 1. The zero-order chi connectivity index (χ0) is 23.2. The number of hydrazone groups is 2. The van der Waals surface area contributed by atoms with Gasteiger partial charge in [-0.2, -0.15) is 10.2 Å². The average Bonchev–Trinajstić information content (AvgIpc) is 2.74. The topological polar surface area (TPSA) is 110 Å². The first kappa shape index (κ1) is 24.4. The molecule has 12 heteroatoms. The molecule has 0 aromatic heterocycles.